The minimum Gasteiger partial charge on any atom is -0.397 e. The molecule has 5 rings (SSSR count). The van der Waals surface area contributed by atoms with Gasteiger partial charge in [-0.05, 0) is 11.6 Å². The third-order valence-corrected chi connectivity index (χ3v) is 6.12. The van der Waals surface area contributed by atoms with E-state index in [-0.39, 0.29) is 0 Å². The summed E-state index contributed by atoms with van der Waals surface area (Å²) in [7, 11) is 0. The molecule has 8 heteroatoms. The number of nitrogens with two attached hydrogens (primary N) is 1. The number of aromatic nitrogens is 3. The van der Waals surface area contributed by atoms with Crippen LogP contribution in [0.1, 0.15) is 15.2 Å². The number of nitrogens with zero attached hydrogens (tertiary/aromatic N) is 4. The highest BCUT2D eigenvalue weighted by molar-refractivity contribution is 7.21. The number of thiophene rings is 1. The Morgan fingerprint density at radius 1 is 0.939 bits per heavy atom. The molecule has 0 saturated carbocycles. The van der Waals surface area contributed by atoms with Crippen molar-refractivity contribution in [1.29, 1.82) is 0 Å². The molecule has 160 valence electrons. The van der Waals surface area contributed by atoms with Gasteiger partial charge < -0.3 is 5.73 Å². The van der Waals surface area contributed by atoms with E-state index in [1.165, 1.54) is 17.6 Å². The number of hydrogen-bond acceptors (Lipinski definition) is 7. The number of nitrogens with one attached hydrogen (secondary N) is 1. The summed E-state index contributed by atoms with van der Waals surface area (Å²) in [6.45, 7) is 0. The van der Waals surface area contributed by atoms with Crippen LogP contribution in [0.4, 0.5) is 5.69 Å². The SMILES string of the molecule is Nc1c(C(=O)N/N=C\c2cccnc2)sc2nnc(-c3ccccc3)c(-c3ccccc3)c12. The fraction of sp³-hybridized carbons (Fsp3) is 0. The van der Waals surface area contributed by atoms with Crippen molar-refractivity contribution in [1.82, 2.24) is 20.6 Å². The van der Waals surface area contributed by atoms with E-state index in [1.807, 2.05) is 66.7 Å². The molecule has 5 aromatic rings. The van der Waals surface area contributed by atoms with E-state index in [0.717, 1.165) is 22.3 Å². The Morgan fingerprint density at radius 3 is 2.36 bits per heavy atom. The van der Waals surface area contributed by atoms with Crippen molar-refractivity contribution >= 4 is 39.4 Å². The van der Waals surface area contributed by atoms with E-state index < -0.39 is 5.91 Å². The van der Waals surface area contributed by atoms with Crippen molar-refractivity contribution in [2.75, 3.05) is 5.73 Å². The Balaban J connectivity index is 1.60. The van der Waals surface area contributed by atoms with Crippen LogP contribution in [0.25, 0.3) is 32.6 Å². The molecule has 1 amide bonds. The molecule has 3 N–H and O–H groups in total. The molecule has 3 heterocycles. The van der Waals surface area contributed by atoms with Gasteiger partial charge in [0.2, 0.25) is 0 Å². The molecule has 7 nitrogen and oxygen atoms in total. The van der Waals surface area contributed by atoms with Crippen LogP contribution in [0.15, 0.2) is 90.3 Å². The molecule has 0 saturated heterocycles. The number of anilines is 1. The topological polar surface area (TPSA) is 106 Å². The molecule has 33 heavy (non-hydrogen) atoms. The smallest absolute Gasteiger partial charge is 0.283 e. The van der Waals surface area contributed by atoms with Gasteiger partial charge in [0, 0.05) is 34.5 Å². The molecule has 0 aliphatic heterocycles. The van der Waals surface area contributed by atoms with Gasteiger partial charge in [-0.15, -0.1) is 21.5 Å². The highest BCUT2D eigenvalue weighted by atomic mass is 32.1. The quantitative estimate of drug-likeness (QED) is 0.296. The highest BCUT2D eigenvalue weighted by Crippen LogP contribution is 2.42. The third-order valence-electron chi connectivity index (χ3n) is 5.03. The maximum absolute atomic E-state index is 12.9. The van der Waals surface area contributed by atoms with Crippen molar-refractivity contribution in [2.24, 2.45) is 5.10 Å². The summed E-state index contributed by atoms with van der Waals surface area (Å²) in [5.41, 5.74) is 13.6. The lowest BCUT2D eigenvalue weighted by Gasteiger charge is -2.11. The van der Waals surface area contributed by atoms with Crippen LogP contribution >= 0.6 is 11.3 Å². The van der Waals surface area contributed by atoms with Crippen LogP contribution in [-0.2, 0) is 0 Å². The van der Waals surface area contributed by atoms with E-state index in [4.69, 9.17) is 5.73 Å². The molecule has 0 radical (unpaired) electrons. The zero-order chi connectivity index (χ0) is 22.6. The molecule has 0 fully saturated rings. The second-order valence-electron chi connectivity index (χ2n) is 7.17. The van der Waals surface area contributed by atoms with Gasteiger partial charge in [0.05, 0.1) is 11.9 Å². The van der Waals surface area contributed by atoms with E-state index in [9.17, 15) is 4.79 Å². The molecule has 3 aromatic heterocycles. The molecule has 0 spiro atoms. The molecule has 0 atom stereocenters. The second kappa shape index (κ2) is 8.97. The first-order valence-electron chi connectivity index (χ1n) is 10.2. The van der Waals surface area contributed by atoms with Crippen LogP contribution in [0.3, 0.4) is 0 Å². The first-order valence-corrected chi connectivity index (χ1v) is 11.0. The molecule has 0 unspecified atom stereocenters. The van der Waals surface area contributed by atoms with E-state index in [1.54, 1.807) is 18.5 Å². The van der Waals surface area contributed by atoms with Crippen LogP contribution in [0.2, 0.25) is 0 Å². The van der Waals surface area contributed by atoms with Gasteiger partial charge in [-0.1, -0.05) is 66.7 Å². The number of rotatable bonds is 5. The summed E-state index contributed by atoms with van der Waals surface area (Å²) in [5.74, 6) is -0.407. The molecule has 0 bridgehead atoms. The predicted molar refractivity (Wildman–Crippen MR) is 132 cm³/mol. The normalized spacial score (nSPS) is 11.2. The summed E-state index contributed by atoms with van der Waals surface area (Å²) in [4.78, 5) is 17.8. The van der Waals surface area contributed by atoms with Gasteiger partial charge in [0.25, 0.3) is 5.91 Å². The lowest BCUT2D eigenvalue weighted by atomic mass is 9.96. The van der Waals surface area contributed by atoms with Gasteiger partial charge >= 0.3 is 0 Å². The molecule has 2 aromatic carbocycles. The van der Waals surface area contributed by atoms with Crippen molar-refractivity contribution in [2.45, 2.75) is 0 Å². The number of carbonyl (C=O) groups excluding carboxylic acids is 1. The summed E-state index contributed by atoms with van der Waals surface area (Å²) >= 11 is 1.19. The van der Waals surface area contributed by atoms with Crippen molar-refractivity contribution < 1.29 is 4.79 Å². The molecular weight excluding hydrogens is 432 g/mol. The van der Waals surface area contributed by atoms with Crippen LogP contribution in [0.5, 0.6) is 0 Å². The fourth-order valence-corrected chi connectivity index (χ4v) is 4.47. The number of hydrazone groups is 1. The maximum atomic E-state index is 12.9. The van der Waals surface area contributed by atoms with E-state index in [2.05, 4.69) is 25.7 Å². The Labute approximate surface area is 193 Å². The number of benzene rings is 2. The summed E-state index contributed by atoms with van der Waals surface area (Å²) < 4.78 is 0. The van der Waals surface area contributed by atoms with Gasteiger partial charge in [-0.2, -0.15) is 5.10 Å². The molecular formula is C25H18N6OS. The number of hydrogen-bond donors (Lipinski definition) is 2. The number of amides is 1. The van der Waals surface area contributed by atoms with Crippen molar-refractivity contribution in [3.05, 3.63) is 95.6 Å². The summed E-state index contributed by atoms with van der Waals surface area (Å²) in [5, 5.41) is 13.6. The Kier molecular flexibility index (Phi) is 5.57. The van der Waals surface area contributed by atoms with Crippen molar-refractivity contribution in [3.63, 3.8) is 0 Å². The van der Waals surface area contributed by atoms with Gasteiger partial charge in [-0.25, -0.2) is 5.43 Å². The third kappa shape index (κ3) is 4.07. The minimum atomic E-state index is -0.407. The monoisotopic (exact) mass is 450 g/mol. The number of carbonyl (C=O) groups is 1. The second-order valence-corrected chi connectivity index (χ2v) is 8.17. The van der Waals surface area contributed by atoms with Crippen LogP contribution in [0, 0.1) is 0 Å². The van der Waals surface area contributed by atoms with Gasteiger partial charge in [-0.3, -0.25) is 9.78 Å². The minimum absolute atomic E-state index is 0.338. The standard InChI is InChI=1S/C25H18N6OS/c26-21-20-19(17-9-3-1-4-10-17)22(18-11-5-2-6-12-18)29-31-25(20)33-23(21)24(32)30-28-15-16-8-7-13-27-14-16/h1-15H,26H2,(H,30,32)/b28-15-. The number of pyridine rings is 1. The average Bonchev–Trinajstić information content (AvgIpc) is 3.21. The molecule has 0 aliphatic rings. The lowest BCUT2D eigenvalue weighted by Crippen LogP contribution is -2.17. The predicted octanol–water partition coefficient (Wildman–Crippen LogP) is 4.77. The van der Waals surface area contributed by atoms with Gasteiger partial charge in [0.15, 0.2) is 0 Å². The first-order chi connectivity index (χ1) is 16.2. The van der Waals surface area contributed by atoms with Crippen LogP contribution in [-0.4, -0.2) is 27.3 Å². The Morgan fingerprint density at radius 2 is 1.67 bits per heavy atom. The Bertz CT molecular complexity index is 1450. The maximum Gasteiger partial charge on any atom is 0.283 e. The van der Waals surface area contributed by atoms with E-state index in [0.29, 0.717) is 26.5 Å². The fourth-order valence-electron chi connectivity index (χ4n) is 3.53. The number of nitrogen functional groups attached to an aromatic ring is 1. The Hall–Kier alpha value is -4.43. The lowest BCUT2D eigenvalue weighted by molar-refractivity contribution is 0.0960. The molecule has 0 aliphatic carbocycles. The zero-order valence-electron chi connectivity index (χ0n) is 17.3. The zero-order valence-corrected chi connectivity index (χ0v) is 18.2. The summed E-state index contributed by atoms with van der Waals surface area (Å²) in [6.07, 6.45) is 4.84. The largest absolute Gasteiger partial charge is 0.397 e. The van der Waals surface area contributed by atoms with E-state index >= 15 is 0 Å². The summed E-state index contributed by atoms with van der Waals surface area (Å²) in [6, 6.07) is 23.3. The van der Waals surface area contributed by atoms with Crippen molar-refractivity contribution in [3.8, 4) is 22.4 Å². The average molecular weight is 451 g/mol. The highest BCUT2D eigenvalue weighted by Gasteiger charge is 2.23. The number of fused-ring (bicyclic) bond motifs is 1. The van der Waals surface area contributed by atoms with Gasteiger partial charge in [0.1, 0.15) is 15.4 Å². The first kappa shape index (κ1) is 20.5. The van der Waals surface area contributed by atoms with Crippen LogP contribution < -0.4 is 11.2 Å².